The average molecular weight is 898 g/mol. The molecule has 2 aromatic heterocycles. The van der Waals surface area contributed by atoms with Crippen molar-refractivity contribution in [2.75, 3.05) is 38.8 Å². The number of hydrogen-bond donors (Lipinski definition) is 4. The number of aromatic nitrogens is 2. The van der Waals surface area contributed by atoms with Gasteiger partial charge in [-0.05, 0) is 51.7 Å². The van der Waals surface area contributed by atoms with Crippen LogP contribution >= 0.6 is 11.3 Å². The molecule has 3 aromatic rings. The highest BCUT2D eigenvalue weighted by molar-refractivity contribution is 7.88. The number of anilines is 1. The Bertz CT molecular complexity index is 2290. The molecule has 1 saturated carbocycles. The van der Waals surface area contributed by atoms with Gasteiger partial charge in [0.25, 0.3) is 0 Å². The van der Waals surface area contributed by atoms with E-state index in [0.717, 1.165) is 22.1 Å². The minimum atomic E-state index is -3.59. The third-order valence-corrected chi connectivity index (χ3v) is 13.6. The summed E-state index contributed by atoms with van der Waals surface area (Å²) in [5.74, 6) is -1.76. The molecule has 62 heavy (non-hydrogen) atoms. The molecule has 2 aliphatic heterocycles. The minimum absolute atomic E-state index is 0.0172. The van der Waals surface area contributed by atoms with Gasteiger partial charge in [0, 0.05) is 53.7 Å². The smallest absolute Gasteiger partial charge is 0.408 e. The second-order valence-electron chi connectivity index (χ2n) is 17.9. The predicted octanol–water partition coefficient (Wildman–Crippen LogP) is 5.42. The number of carbonyl (C=O) groups excluding carboxylic acids is 3. The number of carbonyl (C=O) groups is 4. The van der Waals surface area contributed by atoms with Crippen LogP contribution in [0.1, 0.15) is 79.6 Å². The second kappa shape index (κ2) is 18.8. The monoisotopic (exact) mass is 897 g/mol. The number of likely N-dealkylation sites (N-methyl/N-ethyl adjacent to an activating group) is 1. The third kappa shape index (κ3) is 10.9. The molecule has 1 aliphatic carbocycles. The van der Waals surface area contributed by atoms with E-state index in [1.807, 2.05) is 58.2 Å². The van der Waals surface area contributed by atoms with Gasteiger partial charge in [0.1, 0.15) is 47.0 Å². The van der Waals surface area contributed by atoms with Crippen LogP contribution in [0.4, 0.5) is 9.93 Å². The van der Waals surface area contributed by atoms with Crippen molar-refractivity contribution in [1.82, 2.24) is 29.8 Å². The molecule has 0 bridgehead atoms. The Morgan fingerprint density at radius 2 is 1.89 bits per heavy atom. The highest BCUT2D eigenvalue weighted by atomic mass is 32.2. The fourth-order valence-electron chi connectivity index (χ4n) is 7.73. The topological polar surface area (TPSA) is 219 Å². The summed E-state index contributed by atoms with van der Waals surface area (Å²) >= 11 is 1.44. The molecule has 3 amide bonds. The quantitative estimate of drug-likeness (QED) is 0.167. The Morgan fingerprint density at radius 3 is 2.56 bits per heavy atom. The van der Waals surface area contributed by atoms with Crippen molar-refractivity contribution in [1.29, 1.82) is 0 Å². The van der Waals surface area contributed by atoms with E-state index in [-0.39, 0.29) is 38.4 Å². The van der Waals surface area contributed by atoms with Crippen molar-refractivity contribution in [2.45, 2.75) is 115 Å². The Hall–Kier alpha value is -5.01. The van der Waals surface area contributed by atoms with Crippen LogP contribution in [0.25, 0.3) is 22.3 Å². The van der Waals surface area contributed by atoms with Gasteiger partial charge < -0.3 is 40.2 Å². The van der Waals surface area contributed by atoms with E-state index in [4.69, 9.17) is 24.2 Å². The van der Waals surface area contributed by atoms with Crippen LogP contribution in [0.2, 0.25) is 0 Å². The van der Waals surface area contributed by atoms with Gasteiger partial charge in [0.15, 0.2) is 5.13 Å². The molecule has 0 radical (unpaired) electrons. The van der Waals surface area contributed by atoms with Crippen LogP contribution in [0.5, 0.6) is 11.5 Å². The second-order valence-corrected chi connectivity index (χ2v) is 20.8. The number of nitrogens with one attached hydrogen (secondary N) is 3. The number of amides is 3. The summed E-state index contributed by atoms with van der Waals surface area (Å²) in [5.41, 5.74) is -0.471. The molecule has 2 unspecified atom stereocenters. The molecule has 4 N–H and O–H groups in total. The highest BCUT2D eigenvalue weighted by Crippen LogP contribution is 2.45. The number of ether oxygens (including phenoxy) is 3. The van der Waals surface area contributed by atoms with Crippen molar-refractivity contribution >= 4 is 61.3 Å². The van der Waals surface area contributed by atoms with Gasteiger partial charge in [-0.2, -0.15) is 0 Å². The number of carboxylic acids is 1. The maximum Gasteiger partial charge on any atom is 0.408 e. The first kappa shape index (κ1) is 46.5. The van der Waals surface area contributed by atoms with E-state index in [0.29, 0.717) is 53.1 Å². The lowest BCUT2D eigenvalue weighted by Gasteiger charge is -2.34. The average Bonchev–Trinajstić information content (AvgIpc) is 3.46. The maximum absolute atomic E-state index is 14.8. The van der Waals surface area contributed by atoms with Gasteiger partial charge in [-0.25, -0.2) is 32.3 Å². The molecule has 2 fully saturated rings. The van der Waals surface area contributed by atoms with Crippen LogP contribution < -0.4 is 25.4 Å². The molecule has 338 valence electrons. The summed E-state index contributed by atoms with van der Waals surface area (Å²) in [6.45, 7) is 9.31. The number of rotatable bonds is 12. The number of nitrogens with zero attached hydrogens (tertiary/aromatic N) is 4. The molecule has 0 spiro atoms. The van der Waals surface area contributed by atoms with Crippen LogP contribution in [0.3, 0.4) is 0 Å². The van der Waals surface area contributed by atoms with E-state index in [1.165, 1.54) is 23.3 Å². The molecule has 4 heterocycles. The first-order chi connectivity index (χ1) is 29.2. The Labute approximate surface area is 367 Å². The van der Waals surface area contributed by atoms with Gasteiger partial charge in [-0.1, -0.05) is 45.8 Å². The number of pyridine rings is 1. The predicted molar refractivity (Wildman–Crippen MR) is 236 cm³/mol. The zero-order valence-electron chi connectivity index (χ0n) is 36.6. The van der Waals surface area contributed by atoms with Crippen LogP contribution in [-0.4, -0.2) is 126 Å². The number of thiazole rings is 1. The fraction of sp³-hybridized carbons (Fsp3) is 0.581. The fourth-order valence-corrected chi connectivity index (χ4v) is 8.98. The molecular formula is C43H59N7O10S2. The molecule has 1 aromatic carbocycles. The summed E-state index contributed by atoms with van der Waals surface area (Å²) in [6, 6.07) is 5.04. The van der Waals surface area contributed by atoms with Crippen LogP contribution in [-0.2, 0) is 29.1 Å². The summed E-state index contributed by atoms with van der Waals surface area (Å²) in [6.07, 6.45) is 5.46. The van der Waals surface area contributed by atoms with Gasteiger partial charge in [-0.3, -0.25) is 9.59 Å². The zero-order valence-corrected chi connectivity index (χ0v) is 38.2. The Kier molecular flexibility index (Phi) is 14.1. The van der Waals surface area contributed by atoms with E-state index in [1.54, 1.807) is 25.3 Å². The molecule has 6 atom stereocenters. The molecule has 3 aliphatic rings. The van der Waals surface area contributed by atoms with Gasteiger partial charge >= 0.3 is 12.1 Å². The lowest BCUT2D eigenvalue weighted by atomic mass is 9.89. The Morgan fingerprint density at radius 1 is 1.13 bits per heavy atom. The number of sulfonamides is 1. The van der Waals surface area contributed by atoms with E-state index in [2.05, 4.69) is 16.0 Å². The summed E-state index contributed by atoms with van der Waals surface area (Å²) in [4.78, 5) is 66.5. The standard InChI is InChI=1S/C43H59N7O10S2/c1-25(2)44-40-46-33(24-61-40)32-20-35(29-17-16-27(58-7)18-31(29)45-32)59-28-19-34-37(51)48-43(39(53)54)21-26(43)14-12-10-9-11-13-15-30(38(52)50(34)22-28)47-41(55)60-36(42(3,4)5)23-49(6)62(8,56)57/h12,14,16-18,20,24-26,28,30,34,36H,9-11,13,15,19,21-23H2,1-8H3,(H,44,46)(H,47,55)(H,48,51)(H,53,54)/b14-12-/t26?,28-,30+,34+,36?,43-/m1/s1. The molecule has 1 saturated heterocycles. The highest BCUT2D eigenvalue weighted by Gasteiger charge is 2.61. The van der Waals surface area contributed by atoms with E-state index < -0.39 is 75.1 Å². The van der Waals surface area contributed by atoms with Crippen molar-refractivity contribution in [3.8, 4) is 22.9 Å². The Balaban J connectivity index is 1.33. The number of carboxylic acid groups (broad SMARTS) is 1. The number of hydrogen-bond acceptors (Lipinski definition) is 13. The van der Waals surface area contributed by atoms with E-state index >= 15 is 0 Å². The van der Waals surface area contributed by atoms with Crippen molar-refractivity contribution in [2.24, 2.45) is 11.3 Å². The first-order valence-electron chi connectivity index (χ1n) is 21.0. The summed E-state index contributed by atoms with van der Waals surface area (Å²) < 4.78 is 43.7. The normalized spacial score (nSPS) is 24.6. The van der Waals surface area contributed by atoms with Crippen molar-refractivity contribution in [3.63, 3.8) is 0 Å². The van der Waals surface area contributed by atoms with Crippen molar-refractivity contribution in [3.05, 3.63) is 41.8 Å². The molecular weight excluding hydrogens is 839 g/mol. The summed E-state index contributed by atoms with van der Waals surface area (Å²) in [5, 5.41) is 22.5. The van der Waals surface area contributed by atoms with Gasteiger partial charge in [-0.15, -0.1) is 11.3 Å². The van der Waals surface area contributed by atoms with Gasteiger partial charge in [0.05, 0.1) is 37.7 Å². The number of methoxy groups -OCH3 is 1. The first-order valence-corrected chi connectivity index (χ1v) is 23.7. The number of alkyl carbamates (subject to hydrolysis) is 1. The van der Waals surface area contributed by atoms with E-state index in [9.17, 15) is 32.7 Å². The van der Waals surface area contributed by atoms with Crippen LogP contribution in [0.15, 0.2) is 41.8 Å². The zero-order chi connectivity index (χ0) is 45.1. The number of benzene rings is 1. The van der Waals surface area contributed by atoms with Crippen molar-refractivity contribution < 1.29 is 46.9 Å². The minimum Gasteiger partial charge on any atom is -0.497 e. The largest absolute Gasteiger partial charge is 0.497 e. The van der Waals surface area contributed by atoms with Gasteiger partial charge in [0.2, 0.25) is 21.8 Å². The lowest BCUT2D eigenvalue weighted by molar-refractivity contribution is -0.145. The number of allylic oxidation sites excluding steroid dienone is 1. The third-order valence-electron chi connectivity index (χ3n) is 11.6. The molecule has 19 heteroatoms. The molecule has 6 rings (SSSR count). The molecule has 17 nitrogen and oxygen atoms in total. The number of aliphatic carboxylic acids is 1. The summed E-state index contributed by atoms with van der Waals surface area (Å²) in [7, 11) is -0.635. The SMILES string of the molecule is COc1ccc2c(O[C@@H]3C[C@H]4C(=O)N[C@]5(C(=O)O)CC5/C=C\CCCCC[C@H](NC(=O)OC(CN(C)S(C)(=O)=O)C(C)(C)C)C(=O)N4C3)cc(-c3csc(NC(C)C)n3)nc2c1. The number of fused-ring (bicyclic) bond motifs is 3. The maximum atomic E-state index is 14.8. The lowest BCUT2D eigenvalue weighted by Crippen LogP contribution is -2.56. The van der Waals surface area contributed by atoms with Crippen LogP contribution in [0, 0.1) is 11.3 Å².